The van der Waals surface area contributed by atoms with Gasteiger partial charge < -0.3 is 15.3 Å². The number of carboxylic acid groups (broad SMARTS) is 1. The average Bonchev–Trinajstić information content (AvgIpc) is 2.56. The summed E-state index contributed by atoms with van der Waals surface area (Å²) in [6.07, 6.45) is 1.59. The van der Waals surface area contributed by atoms with Crippen LogP contribution in [-0.4, -0.2) is 41.6 Å². The smallest absolute Gasteiger partial charge is 0.317 e. The first-order valence-electron chi connectivity index (χ1n) is 4.92. The fraction of sp³-hybridized carbons (Fsp3) is 0.600. The molecule has 2 N–H and O–H groups in total. The molecule has 15 heavy (non-hydrogen) atoms. The molecule has 84 valence electrons. The first-order chi connectivity index (χ1) is 7.06. The molecule has 1 saturated heterocycles. The fourth-order valence-corrected chi connectivity index (χ4v) is 1.73. The summed E-state index contributed by atoms with van der Waals surface area (Å²) in [6.45, 7) is 6.53. The van der Waals surface area contributed by atoms with Crippen LogP contribution in [0.1, 0.15) is 6.92 Å². The van der Waals surface area contributed by atoms with Crippen molar-refractivity contribution in [1.82, 2.24) is 10.2 Å². The molecule has 0 aromatic rings. The molecule has 0 aromatic heterocycles. The zero-order valence-corrected chi connectivity index (χ0v) is 8.77. The summed E-state index contributed by atoms with van der Waals surface area (Å²) in [5.41, 5.74) is 0. The summed E-state index contributed by atoms with van der Waals surface area (Å²) < 4.78 is 0. The molecule has 5 nitrogen and oxygen atoms in total. The highest BCUT2D eigenvalue weighted by atomic mass is 16.4. The average molecular weight is 212 g/mol. The Morgan fingerprint density at radius 1 is 1.60 bits per heavy atom. The third-order valence-electron chi connectivity index (χ3n) is 2.61. The number of nitrogens with one attached hydrogen (secondary N) is 1. The Morgan fingerprint density at radius 2 is 2.27 bits per heavy atom. The molecule has 0 bridgehead atoms. The first kappa shape index (κ1) is 11.6. The normalized spacial score (nSPS) is 25.0. The monoisotopic (exact) mass is 212 g/mol. The first-order valence-corrected chi connectivity index (χ1v) is 4.92. The number of rotatable bonds is 3. The van der Waals surface area contributed by atoms with E-state index in [9.17, 15) is 9.59 Å². The highest BCUT2D eigenvalue weighted by molar-refractivity contribution is 5.77. The van der Waals surface area contributed by atoms with E-state index in [0.717, 1.165) is 0 Å². The number of carboxylic acids is 1. The molecule has 0 aliphatic carbocycles. The highest BCUT2D eigenvalue weighted by Gasteiger charge is 2.36. The number of likely N-dealkylation sites (tertiary alicyclic amines) is 1. The number of carbonyl (C=O) groups is 2. The van der Waals surface area contributed by atoms with Gasteiger partial charge in [-0.05, 0) is 5.92 Å². The fourth-order valence-electron chi connectivity index (χ4n) is 1.73. The van der Waals surface area contributed by atoms with Gasteiger partial charge >= 0.3 is 12.0 Å². The van der Waals surface area contributed by atoms with E-state index in [1.54, 1.807) is 6.08 Å². The number of amides is 2. The summed E-state index contributed by atoms with van der Waals surface area (Å²) in [7, 11) is 0. The van der Waals surface area contributed by atoms with Gasteiger partial charge in [0.05, 0.1) is 5.92 Å². The van der Waals surface area contributed by atoms with E-state index in [4.69, 9.17) is 5.11 Å². The maximum absolute atomic E-state index is 11.5. The molecule has 1 heterocycles. The van der Waals surface area contributed by atoms with Crippen molar-refractivity contribution < 1.29 is 14.7 Å². The molecule has 0 spiro atoms. The molecule has 1 aliphatic rings. The van der Waals surface area contributed by atoms with Gasteiger partial charge in [-0.2, -0.15) is 0 Å². The van der Waals surface area contributed by atoms with Crippen LogP contribution in [-0.2, 0) is 4.79 Å². The zero-order chi connectivity index (χ0) is 11.4. The molecular formula is C10H16N2O3. The van der Waals surface area contributed by atoms with Crippen molar-refractivity contribution in [2.24, 2.45) is 11.8 Å². The third-order valence-corrected chi connectivity index (χ3v) is 2.61. The van der Waals surface area contributed by atoms with Gasteiger partial charge in [0.2, 0.25) is 0 Å². The van der Waals surface area contributed by atoms with E-state index in [-0.39, 0.29) is 11.9 Å². The molecule has 0 radical (unpaired) electrons. The topological polar surface area (TPSA) is 69.6 Å². The van der Waals surface area contributed by atoms with E-state index in [2.05, 4.69) is 11.9 Å². The van der Waals surface area contributed by atoms with Crippen LogP contribution in [0.2, 0.25) is 0 Å². The standard InChI is InChI=1S/C10H16N2O3/c1-3-4-11-10(15)12-5-7(2)8(6-12)9(13)14/h3,7-8H,1,4-6H2,2H3,(H,11,15)(H,13,14)/t7-,8-/m1/s1. The summed E-state index contributed by atoms with van der Waals surface area (Å²) in [6, 6.07) is -0.217. The summed E-state index contributed by atoms with van der Waals surface area (Å²) in [4.78, 5) is 23.8. The number of aliphatic carboxylic acids is 1. The minimum absolute atomic E-state index is 0.0111. The van der Waals surface area contributed by atoms with Gasteiger partial charge in [0.1, 0.15) is 0 Å². The van der Waals surface area contributed by atoms with Gasteiger partial charge in [-0.15, -0.1) is 6.58 Å². The van der Waals surface area contributed by atoms with Crippen molar-refractivity contribution in [2.45, 2.75) is 6.92 Å². The largest absolute Gasteiger partial charge is 0.481 e. The van der Waals surface area contributed by atoms with Gasteiger partial charge in [-0.3, -0.25) is 4.79 Å². The molecule has 5 heteroatoms. The highest BCUT2D eigenvalue weighted by Crippen LogP contribution is 2.22. The van der Waals surface area contributed by atoms with Crippen LogP contribution < -0.4 is 5.32 Å². The van der Waals surface area contributed by atoms with E-state index in [1.807, 2.05) is 6.92 Å². The second-order valence-corrected chi connectivity index (χ2v) is 3.80. The Kier molecular flexibility index (Phi) is 3.71. The zero-order valence-electron chi connectivity index (χ0n) is 8.77. The molecule has 1 rings (SSSR count). The predicted molar refractivity (Wildman–Crippen MR) is 55.5 cm³/mol. The number of nitrogens with zero attached hydrogens (tertiary/aromatic N) is 1. The maximum Gasteiger partial charge on any atom is 0.317 e. The van der Waals surface area contributed by atoms with Crippen molar-refractivity contribution in [3.8, 4) is 0 Å². The predicted octanol–water partition coefficient (Wildman–Crippen LogP) is 0.534. The lowest BCUT2D eigenvalue weighted by Gasteiger charge is -2.15. The molecule has 0 saturated carbocycles. The Hall–Kier alpha value is -1.52. The Morgan fingerprint density at radius 3 is 2.73 bits per heavy atom. The van der Waals surface area contributed by atoms with Crippen LogP contribution >= 0.6 is 0 Å². The molecule has 0 unspecified atom stereocenters. The van der Waals surface area contributed by atoms with Crippen molar-refractivity contribution in [1.29, 1.82) is 0 Å². The molecule has 1 fully saturated rings. The second-order valence-electron chi connectivity index (χ2n) is 3.80. The van der Waals surface area contributed by atoms with Gasteiger partial charge in [-0.25, -0.2) is 4.79 Å². The summed E-state index contributed by atoms with van der Waals surface area (Å²) in [5.74, 6) is -1.27. The Bertz CT molecular complexity index is 278. The van der Waals surface area contributed by atoms with Crippen LogP contribution in [0.25, 0.3) is 0 Å². The van der Waals surface area contributed by atoms with Crippen molar-refractivity contribution in [2.75, 3.05) is 19.6 Å². The molecule has 1 aliphatic heterocycles. The Labute approximate surface area is 88.8 Å². The van der Waals surface area contributed by atoms with Crippen LogP contribution in [0.5, 0.6) is 0 Å². The van der Waals surface area contributed by atoms with E-state index in [0.29, 0.717) is 19.6 Å². The number of hydrogen-bond donors (Lipinski definition) is 2. The van der Waals surface area contributed by atoms with E-state index in [1.165, 1.54) is 4.90 Å². The second kappa shape index (κ2) is 4.82. The van der Waals surface area contributed by atoms with Gasteiger partial charge in [0, 0.05) is 19.6 Å². The minimum atomic E-state index is -0.832. The SMILES string of the molecule is C=CCNC(=O)N1C[C@@H](C)[C@H](C(=O)O)C1. The molecule has 0 aromatic carbocycles. The van der Waals surface area contributed by atoms with E-state index >= 15 is 0 Å². The minimum Gasteiger partial charge on any atom is -0.481 e. The quantitative estimate of drug-likeness (QED) is 0.671. The van der Waals surface area contributed by atoms with Gasteiger partial charge in [-0.1, -0.05) is 13.0 Å². The van der Waals surface area contributed by atoms with Crippen LogP contribution in [0.3, 0.4) is 0 Å². The summed E-state index contributed by atoms with van der Waals surface area (Å²) >= 11 is 0. The molecular weight excluding hydrogens is 196 g/mol. The Balaban J connectivity index is 2.50. The van der Waals surface area contributed by atoms with Crippen LogP contribution in [0, 0.1) is 11.8 Å². The van der Waals surface area contributed by atoms with Crippen molar-refractivity contribution in [3.05, 3.63) is 12.7 Å². The third kappa shape index (κ3) is 2.71. The maximum atomic E-state index is 11.5. The number of hydrogen-bond acceptors (Lipinski definition) is 2. The lowest BCUT2D eigenvalue weighted by atomic mass is 9.99. The van der Waals surface area contributed by atoms with Crippen molar-refractivity contribution in [3.63, 3.8) is 0 Å². The summed E-state index contributed by atoms with van der Waals surface area (Å²) in [5, 5.41) is 11.5. The van der Waals surface area contributed by atoms with Gasteiger partial charge in [0.25, 0.3) is 0 Å². The van der Waals surface area contributed by atoms with Crippen molar-refractivity contribution >= 4 is 12.0 Å². The molecule has 2 amide bonds. The van der Waals surface area contributed by atoms with Gasteiger partial charge in [0.15, 0.2) is 0 Å². The number of urea groups is 1. The van der Waals surface area contributed by atoms with Crippen LogP contribution in [0.15, 0.2) is 12.7 Å². The van der Waals surface area contributed by atoms with Crippen LogP contribution in [0.4, 0.5) is 4.79 Å². The molecule has 2 atom stereocenters. The van der Waals surface area contributed by atoms with E-state index < -0.39 is 11.9 Å². The lowest BCUT2D eigenvalue weighted by molar-refractivity contribution is -0.142. The lowest BCUT2D eigenvalue weighted by Crippen LogP contribution is -2.39. The number of carbonyl (C=O) groups excluding carboxylic acids is 1.